The lowest BCUT2D eigenvalue weighted by molar-refractivity contribution is 0.219. The van der Waals surface area contributed by atoms with Gasteiger partial charge in [-0.15, -0.1) is 0 Å². The van der Waals surface area contributed by atoms with Crippen LogP contribution in [0, 0.1) is 0 Å². The molecular formula is C18H21N5. The van der Waals surface area contributed by atoms with Crippen LogP contribution in [0.5, 0.6) is 0 Å². The summed E-state index contributed by atoms with van der Waals surface area (Å²) in [6, 6.07) is 11.3. The van der Waals surface area contributed by atoms with Gasteiger partial charge in [-0.1, -0.05) is 12.1 Å². The number of aromatic nitrogens is 4. The van der Waals surface area contributed by atoms with E-state index in [4.69, 9.17) is 0 Å². The van der Waals surface area contributed by atoms with Crippen LogP contribution in [-0.4, -0.2) is 36.8 Å². The summed E-state index contributed by atoms with van der Waals surface area (Å²) in [5.74, 6) is 0. The summed E-state index contributed by atoms with van der Waals surface area (Å²) >= 11 is 0. The highest BCUT2D eigenvalue weighted by atomic mass is 15.3. The van der Waals surface area contributed by atoms with E-state index in [1.54, 1.807) is 6.20 Å². The van der Waals surface area contributed by atoms with Crippen LogP contribution in [-0.2, 0) is 13.1 Å². The minimum absolute atomic E-state index is 0.586. The molecule has 2 aromatic heterocycles. The molecule has 1 aliphatic rings. The minimum atomic E-state index is 0.586. The van der Waals surface area contributed by atoms with Gasteiger partial charge in [0, 0.05) is 43.1 Å². The van der Waals surface area contributed by atoms with Gasteiger partial charge in [0.15, 0.2) is 0 Å². The van der Waals surface area contributed by atoms with E-state index in [1.165, 1.54) is 24.9 Å². The molecule has 1 aromatic carbocycles. The first-order valence-corrected chi connectivity index (χ1v) is 8.17. The van der Waals surface area contributed by atoms with Crippen LogP contribution in [0.15, 0.2) is 61.4 Å². The highest BCUT2D eigenvalue weighted by Crippen LogP contribution is 2.22. The number of benzene rings is 1. The molecule has 5 heteroatoms. The second kappa shape index (κ2) is 6.38. The molecular weight excluding hydrogens is 286 g/mol. The van der Waals surface area contributed by atoms with E-state index >= 15 is 0 Å². The van der Waals surface area contributed by atoms with Crippen LogP contribution in [0.1, 0.15) is 18.4 Å². The Morgan fingerprint density at radius 1 is 1.09 bits per heavy atom. The van der Waals surface area contributed by atoms with Gasteiger partial charge in [0.05, 0.1) is 12.9 Å². The van der Waals surface area contributed by atoms with Gasteiger partial charge in [-0.05, 0) is 43.1 Å². The Morgan fingerprint density at radius 3 is 2.74 bits per heavy atom. The van der Waals surface area contributed by atoms with Gasteiger partial charge in [0.25, 0.3) is 0 Å². The van der Waals surface area contributed by atoms with Gasteiger partial charge in [0.2, 0.25) is 0 Å². The van der Waals surface area contributed by atoms with Crippen molar-refractivity contribution < 1.29 is 0 Å². The predicted molar refractivity (Wildman–Crippen MR) is 89.2 cm³/mol. The fourth-order valence-electron chi connectivity index (χ4n) is 3.35. The van der Waals surface area contributed by atoms with Crippen LogP contribution < -0.4 is 0 Å². The second-order valence-electron chi connectivity index (χ2n) is 6.13. The van der Waals surface area contributed by atoms with Crippen molar-refractivity contribution >= 4 is 0 Å². The van der Waals surface area contributed by atoms with Gasteiger partial charge in [-0.2, -0.15) is 5.10 Å². The molecule has 0 spiro atoms. The molecule has 0 N–H and O–H groups in total. The Labute approximate surface area is 136 Å². The summed E-state index contributed by atoms with van der Waals surface area (Å²) in [6.07, 6.45) is 12.0. The van der Waals surface area contributed by atoms with Crippen LogP contribution in [0.4, 0.5) is 0 Å². The molecule has 3 aromatic rings. The molecule has 0 unspecified atom stereocenters. The zero-order chi connectivity index (χ0) is 15.5. The highest BCUT2D eigenvalue weighted by molar-refractivity contribution is 5.34. The summed E-state index contributed by atoms with van der Waals surface area (Å²) in [5.41, 5.74) is 2.52. The Kier molecular flexibility index (Phi) is 3.94. The highest BCUT2D eigenvalue weighted by Gasteiger charge is 2.24. The van der Waals surface area contributed by atoms with Crippen molar-refractivity contribution in [2.75, 3.05) is 6.54 Å². The third kappa shape index (κ3) is 3.19. The fourth-order valence-corrected chi connectivity index (χ4v) is 3.35. The standard InChI is InChI=1S/C18H21N5/c1-3-18(14-23-11-2-8-20-23)21(10-1)13-16-4-6-17(7-5-16)22-12-9-19-15-22/h2,4-9,11-12,15,18H,1,3,10,13-14H2/t18-/m0/s1. The van der Waals surface area contributed by atoms with E-state index in [9.17, 15) is 0 Å². The molecule has 0 amide bonds. The van der Waals surface area contributed by atoms with Gasteiger partial charge in [-0.3, -0.25) is 9.58 Å². The number of nitrogens with zero attached hydrogens (tertiary/aromatic N) is 5. The number of hydrogen-bond acceptors (Lipinski definition) is 3. The number of hydrogen-bond donors (Lipinski definition) is 0. The molecule has 1 aliphatic heterocycles. The lowest BCUT2D eigenvalue weighted by atomic mass is 10.1. The Balaban J connectivity index is 1.42. The molecule has 1 fully saturated rings. The molecule has 3 heterocycles. The summed E-state index contributed by atoms with van der Waals surface area (Å²) < 4.78 is 4.07. The Bertz CT molecular complexity index is 715. The van der Waals surface area contributed by atoms with Crippen LogP contribution in [0.2, 0.25) is 0 Å². The average molecular weight is 307 g/mol. The van der Waals surface area contributed by atoms with E-state index in [2.05, 4.69) is 45.4 Å². The molecule has 23 heavy (non-hydrogen) atoms. The van der Waals surface area contributed by atoms with Gasteiger partial charge >= 0.3 is 0 Å². The van der Waals surface area contributed by atoms with E-state index in [1.807, 2.05) is 34.0 Å². The van der Waals surface area contributed by atoms with Crippen LogP contribution in [0.3, 0.4) is 0 Å². The smallest absolute Gasteiger partial charge is 0.0991 e. The summed E-state index contributed by atoms with van der Waals surface area (Å²) in [7, 11) is 0. The molecule has 1 saturated heterocycles. The zero-order valence-corrected chi connectivity index (χ0v) is 13.1. The first kappa shape index (κ1) is 14.2. The van der Waals surface area contributed by atoms with E-state index in [-0.39, 0.29) is 0 Å². The summed E-state index contributed by atoms with van der Waals surface area (Å²) in [5, 5.41) is 4.34. The summed E-state index contributed by atoms with van der Waals surface area (Å²) in [6.45, 7) is 3.17. The predicted octanol–water partition coefficient (Wildman–Crippen LogP) is 2.73. The lowest BCUT2D eigenvalue weighted by Crippen LogP contribution is -2.32. The van der Waals surface area contributed by atoms with Crippen molar-refractivity contribution in [1.29, 1.82) is 0 Å². The van der Waals surface area contributed by atoms with Crippen molar-refractivity contribution in [2.45, 2.75) is 32.0 Å². The maximum atomic E-state index is 4.34. The average Bonchev–Trinajstić information content (AvgIpc) is 3.32. The maximum absolute atomic E-state index is 4.34. The lowest BCUT2D eigenvalue weighted by Gasteiger charge is -2.24. The van der Waals surface area contributed by atoms with E-state index in [0.717, 1.165) is 18.8 Å². The van der Waals surface area contributed by atoms with Crippen molar-refractivity contribution in [3.8, 4) is 5.69 Å². The first-order chi connectivity index (χ1) is 11.4. The topological polar surface area (TPSA) is 38.9 Å². The van der Waals surface area contributed by atoms with Gasteiger partial charge in [-0.25, -0.2) is 4.98 Å². The molecule has 1 atom stereocenters. The third-order valence-corrected chi connectivity index (χ3v) is 4.58. The van der Waals surface area contributed by atoms with Gasteiger partial charge in [0.1, 0.15) is 0 Å². The number of likely N-dealkylation sites (tertiary alicyclic amines) is 1. The van der Waals surface area contributed by atoms with Gasteiger partial charge < -0.3 is 4.57 Å². The Hall–Kier alpha value is -2.40. The van der Waals surface area contributed by atoms with Crippen molar-refractivity contribution in [3.63, 3.8) is 0 Å². The van der Waals surface area contributed by atoms with Crippen molar-refractivity contribution in [2.24, 2.45) is 0 Å². The van der Waals surface area contributed by atoms with Crippen LogP contribution >= 0.6 is 0 Å². The quantitative estimate of drug-likeness (QED) is 0.727. The molecule has 5 nitrogen and oxygen atoms in total. The normalized spacial score (nSPS) is 18.5. The van der Waals surface area contributed by atoms with Crippen molar-refractivity contribution in [3.05, 3.63) is 67.0 Å². The number of imidazole rings is 1. The summed E-state index contributed by atoms with van der Waals surface area (Å²) in [4.78, 5) is 6.67. The second-order valence-corrected chi connectivity index (χ2v) is 6.13. The molecule has 0 aliphatic carbocycles. The molecule has 0 radical (unpaired) electrons. The molecule has 118 valence electrons. The number of rotatable bonds is 5. The van der Waals surface area contributed by atoms with E-state index in [0.29, 0.717) is 6.04 Å². The molecule has 4 rings (SSSR count). The minimum Gasteiger partial charge on any atom is -0.306 e. The first-order valence-electron chi connectivity index (χ1n) is 8.17. The maximum Gasteiger partial charge on any atom is 0.0991 e. The zero-order valence-electron chi connectivity index (χ0n) is 13.1. The van der Waals surface area contributed by atoms with Crippen molar-refractivity contribution in [1.82, 2.24) is 24.2 Å². The van der Waals surface area contributed by atoms with E-state index < -0.39 is 0 Å². The third-order valence-electron chi connectivity index (χ3n) is 4.58. The van der Waals surface area contributed by atoms with Crippen LogP contribution in [0.25, 0.3) is 5.69 Å². The molecule has 0 saturated carbocycles. The molecule has 0 bridgehead atoms. The largest absolute Gasteiger partial charge is 0.306 e. The SMILES string of the molecule is c1cnn(C[C@@H]2CCCN2Cc2ccc(-n3ccnc3)cc2)c1. The fraction of sp³-hybridized carbons (Fsp3) is 0.333. The monoisotopic (exact) mass is 307 g/mol. The Morgan fingerprint density at radius 2 is 2.00 bits per heavy atom.